The van der Waals surface area contributed by atoms with Gasteiger partial charge in [0.05, 0.1) is 6.04 Å². The third-order valence-corrected chi connectivity index (χ3v) is 1.87. The minimum atomic E-state index is -0.288. The first-order valence-electron chi connectivity index (χ1n) is 4.45. The second kappa shape index (κ2) is 3.66. The van der Waals surface area contributed by atoms with Gasteiger partial charge in [-0.1, -0.05) is 5.16 Å². The number of aromatic amines is 1. The Morgan fingerprint density at radius 3 is 3.00 bits per heavy atom. The van der Waals surface area contributed by atoms with Crippen molar-refractivity contribution in [1.82, 2.24) is 15.1 Å². The van der Waals surface area contributed by atoms with Crippen LogP contribution in [0.4, 0.5) is 0 Å². The van der Waals surface area contributed by atoms with Crippen LogP contribution < -0.4 is 11.3 Å². The van der Waals surface area contributed by atoms with Crippen LogP contribution in [0.1, 0.15) is 18.8 Å². The second-order valence-electron chi connectivity index (χ2n) is 3.19. The van der Waals surface area contributed by atoms with Crippen LogP contribution in [0.25, 0.3) is 11.5 Å². The first-order chi connectivity index (χ1) is 7.16. The van der Waals surface area contributed by atoms with E-state index in [-0.39, 0.29) is 11.6 Å². The SMILES string of the molecule is CC(N)c1noc(-c2cc[nH]c(=O)c2)n1. The molecule has 0 aliphatic carbocycles. The zero-order valence-corrected chi connectivity index (χ0v) is 8.10. The second-order valence-corrected chi connectivity index (χ2v) is 3.19. The van der Waals surface area contributed by atoms with Gasteiger partial charge in [0.15, 0.2) is 5.82 Å². The highest BCUT2D eigenvalue weighted by atomic mass is 16.5. The molecular weight excluding hydrogens is 196 g/mol. The van der Waals surface area contributed by atoms with E-state index in [1.807, 2.05) is 0 Å². The van der Waals surface area contributed by atoms with Crippen LogP contribution in [0.5, 0.6) is 0 Å². The Hall–Kier alpha value is -1.95. The van der Waals surface area contributed by atoms with Gasteiger partial charge in [-0.05, 0) is 13.0 Å². The van der Waals surface area contributed by atoms with Gasteiger partial charge < -0.3 is 15.2 Å². The molecule has 6 heteroatoms. The molecule has 0 saturated heterocycles. The maximum absolute atomic E-state index is 11.0. The zero-order valence-electron chi connectivity index (χ0n) is 8.10. The molecule has 0 radical (unpaired) electrons. The number of nitrogens with one attached hydrogen (secondary N) is 1. The van der Waals surface area contributed by atoms with E-state index in [1.165, 1.54) is 12.3 Å². The summed E-state index contributed by atoms with van der Waals surface area (Å²) >= 11 is 0. The maximum Gasteiger partial charge on any atom is 0.258 e. The molecule has 1 atom stereocenters. The molecule has 2 rings (SSSR count). The van der Waals surface area contributed by atoms with E-state index >= 15 is 0 Å². The van der Waals surface area contributed by atoms with Crippen molar-refractivity contribution in [2.75, 3.05) is 0 Å². The minimum absolute atomic E-state index is 0.215. The standard InChI is InChI=1S/C9H10N4O2/c1-5(10)8-12-9(15-13-8)6-2-3-11-7(14)4-6/h2-5H,10H2,1H3,(H,11,14). The van der Waals surface area contributed by atoms with E-state index in [0.717, 1.165) is 0 Å². The largest absolute Gasteiger partial charge is 0.334 e. The number of hydrogen-bond donors (Lipinski definition) is 2. The van der Waals surface area contributed by atoms with Crippen molar-refractivity contribution < 1.29 is 4.52 Å². The van der Waals surface area contributed by atoms with E-state index in [2.05, 4.69) is 15.1 Å². The lowest BCUT2D eigenvalue weighted by molar-refractivity contribution is 0.418. The summed E-state index contributed by atoms with van der Waals surface area (Å²) in [6.45, 7) is 1.76. The molecule has 0 bridgehead atoms. The van der Waals surface area contributed by atoms with Gasteiger partial charge in [0, 0.05) is 17.8 Å². The van der Waals surface area contributed by atoms with Crippen molar-refractivity contribution in [3.8, 4) is 11.5 Å². The zero-order chi connectivity index (χ0) is 10.8. The molecule has 0 aliphatic heterocycles. The highest BCUT2D eigenvalue weighted by Gasteiger charge is 2.11. The van der Waals surface area contributed by atoms with Crippen LogP contribution in [-0.2, 0) is 0 Å². The van der Waals surface area contributed by atoms with Crippen molar-refractivity contribution >= 4 is 0 Å². The summed E-state index contributed by atoms with van der Waals surface area (Å²) in [5, 5.41) is 3.70. The van der Waals surface area contributed by atoms with Crippen LogP contribution in [0.15, 0.2) is 27.6 Å². The Balaban J connectivity index is 2.41. The summed E-state index contributed by atoms with van der Waals surface area (Å²) in [6, 6.07) is 2.78. The lowest BCUT2D eigenvalue weighted by Gasteiger charge is -1.93. The van der Waals surface area contributed by atoms with Crippen molar-refractivity contribution in [2.24, 2.45) is 5.73 Å². The summed E-state index contributed by atoms with van der Waals surface area (Å²) in [7, 11) is 0. The molecule has 2 aromatic rings. The number of aromatic nitrogens is 3. The lowest BCUT2D eigenvalue weighted by Crippen LogP contribution is -2.06. The Labute approximate surface area is 85.1 Å². The highest BCUT2D eigenvalue weighted by Crippen LogP contribution is 2.15. The van der Waals surface area contributed by atoms with Crippen LogP contribution in [0, 0.1) is 0 Å². The van der Waals surface area contributed by atoms with Gasteiger partial charge in [0.1, 0.15) is 0 Å². The molecule has 15 heavy (non-hydrogen) atoms. The summed E-state index contributed by atoms with van der Waals surface area (Å²) < 4.78 is 4.97. The lowest BCUT2D eigenvalue weighted by atomic mass is 10.2. The van der Waals surface area contributed by atoms with E-state index in [9.17, 15) is 4.79 Å². The van der Waals surface area contributed by atoms with Crippen molar-refractivity contribution in [2.45, 2.75) is 13.0 Å². The van der Waals surface area contributed by atoms with Crippen molar-refractivity contribution in [3.63, 3.8) is 0 Å². The predicted octanol–water partition coefficient (Wildman–Crippen LogP) is 0.445. The molecule has 2 heterocycles. The predicted molar refractivity (Wildman–Crippen MR) is 53.0 cm³/mol. The number of H-pyrrole nitrogens is 1. The Bertz CT molecular complexity index is 515. The smallest absolute Gasteiger partial charge is 0.258 e. The van der Waals surface area contributed by atoms with Crippen LogP contribution in [0.2, 0.25) is 0 Å². The molecule has 78 valence electrons. The fourth-order valence-corrected chi connectivity index (χ4v) is 1.11. The van der Waals surface area contributed by atoms with Crippen molar-refractivity contribution in [1.29, 1.82) is 0 Å². The summed E-state index contributed by atoms with van der Waals surface area (Å²) in [5.41, 5.74) is 5.95. The summed E-state index contributed by atoms with van der Waals surface area (Å²) in [6.07, 6.45) is 1.52. The number of nitrogens with two attached hydrogens (primary N) is 1. The Morgan fingerprint density at radius 2 is 2.40 bits per heavy atom. The van der Waals surface area contributed by atoms with Crippen LogP contribution in [0.3, 0.4) is 0 Å². The number of rotatable bonds is 2. The number of hydrogen-bond acceptors (Lipinski definition) is 5. The normalized spacial score (nSPS) is 12.7. The van der Waals surface area contributed by atoms with E-state index in [1.54, 1.807) is 13.0 Å². The fourth-order valence-electron chi connectivity index (χ4n) is 1.11. The third-order valence-electron chi connectivity index (χ3n) is 1.87. The van der Waals surface area contributed by atoms with E-state index < -0.39 is 0 Å². The topological polar surface area (TPSA) is 97.8 Å². The molecule has 1 unspecified atom stereocenters. The molecule has 0 amide bonds. The summed E-state index contributed by atoms with van der Waals surface area (Å²) in [4.78, 5) is 17.6. The average Bonchev–Trinajstić information content (AvgIpc) is 2.66. The third kappa shape index (κ3) is 1.94. The van der Waals surface area contributed by atoms with Crippen LogP contribution >= 0.6 is 0 Å². The monoisotopic (exact) mass is 206 g/mol. The minimum Gasteiger partial charge on any atom is -0.334 e. The van der Waals surface area contributed by atoms with Gasteiger partial charge >= 0.3 is 0 Å². The quantitative estimate of drug-likeness (QED) is 0.743. The highest BCUT2D eigenvalue weighted by molar-refractivity contribution is 5.51. The van der Waals surface area contributed by atoms with Crippen molar-refractivity contribution in [3.05, 3.63) is 34.5 Å². The first kappa shape index (κ1) is 9.60. The molecule has 0 fully saturated rings. The molecule has 0 spiro atoms. The molecule has 0 saturated carbocycles. The van der Waals surface area contributed by atoms with Gasteiger partial charge in [-0.25, -0.2) is 0 Å². The fraction of sp³-hybridized carbons (Fsp3) is 0.222. The van der Waals surface area contributed by atoms with Gasteiger partial charge in [-0.2, -0.15) is 4.98 Å². The first-order valence-corrected chi connectivity index (χ1v) is 4.45. The van der Waals surface area contributed by atoms with E-state index in [0.29, 0.717) is 17.3 Å². The molecule has 3 N–H and O–H groups in total. The van der Waals surface area contributed by atoms with Gasteiger partial charge in [-0.15, -0.1) is 0 Å². The average molecular weight is 206 g/mol. The molecule has 0 aliphatic rings. The van der Waals surface area contributed by atoms with E-state index in [4.69, 9.17) is 10.3 Å². The maximum atomic E-state index is 11.0. The van der Waals surface area contributed by atoms with Gasteiger partial charge in [0.2, 0.25) is 5.56 Å². The summed E-state index contributed by atoms with van der Waals surface area (Å²) in [5.74, 6) is 0.721. The molecule has 6 nitrogen and oxygen atoms in total. The molecule has 0 aromatic carbocycles. The Morgan fingerprint density at radius 1 is 1.60 bits per heavy atom. The van der Waals surface area contributed by atoms with Crippen LogP contribution in [-0.4, -0.2) is 15.1 Å². The number of pyridine rings is 1. The Kier molecular flexibility index (Phi) is 2.34. The molecule has 2 aromatic heterocycles. The molecular formula is C9H10N4O2. The van der Waals surface area contributed by atoms with Gasteiger partial charge in [-0.3, -0.25) is 4.79 Å². The van der Waals surface area contributed by atoms with Gasteiger partial charge in [0.25, 0.3) is 5.89 Å². The number of nitrogens with zero attached hydrogens (tertiary/aromatic N) is 2.